The summed E-state index contributed by atoms with van der Waals surface area (Å²) in [5.74, 6) is 0. The molecule has 1 rings (SSSR count). The summed E-state index contributed by atoms with van der Waals surface area (Å²) >= 11 is 0. The minimum atomic E-state index is -2.59. The number of hydrogen-bond donors (Lipinski definition) is 2. The van der Waals surface area contributed by atoms with Crippen LogP contribution in [0.1, 0.15) is 0 Å². The summed E-state index contributed by atoms with van der Waals surface area (Å²) in [7, 11) is -5.19. The van der Waals surface area contributed by atoms with E-state index in [1.54, 1.807) is 0 Å². The van der Waals surface area contributed by atoms with Gasteiger partial charge >= 0.3 is 16.5 Å². The molecule has 11 heteroatoms. The summed E-state index contributed by atoms with van der Waals surface area (Å²) < 4.78 is 39.7. The summed E-state index contributed by atoms with van der Waals surface area (Å²) in [5, 5.41) is 17.2. The molecule has 0 atom stereocenters. The maximum atomic E-state index is 10.9. The van der Waals surface area contributed by atoms with Gasteiger partial charge in [0, 0.05) is 38.7 Å². The van der Waals surface area contributed by atoms with E-state index >= 15 is 0 Å². The van der Waals surface area contributed by atoms with Gasteiger partial charge in [-0.3, -0.25) is 0 Å². The van der Waals surface area contributed by atoms with Gasteiger partial charge in [0.05, 0.1) is 0 Å². The molecular formula is C4H8NaO8P2+2. The van der Waals surface area contributed by atoms with E-state index in [1.165, 1.54) is 0 Å². The van der Waals surface area contributed by atoms with Crippen LogP contribution in [-0.2, 0) is 27.2 Å². The molecule has 15 heavy (non-hydrogen) atoms. The number of aliphatic hydroxyl groups is 2. The molecule has 81 valence electrons. The maximum absolute atomic E-state index is 10.9. The van der Waals surface area contributed by atoms with Crippen LogP contribution in [0.4, 0.5) is 0 Å². The summed E-state index contributed by atoms with van der Waals surface area (Å²) in [6.07, 6.45) is -2.66. The van der Waals surface area contributed by atoms with Crippen LogP contribution in [0.25, 0.3) is 0 Å². The first-order valence-electron chi connectivity index (χ1n) is 3.49. The Kier molecular flexibility index (Phi) is 8.63. The fraction of sp³-hybridized carbons (Fsp3) is 1.00. The molecule has 8 nitrogen and oxygen atoms in total. The van der Waals surface area contributed by atoms with E-state index < -0.39 is 42.3 Å². The van der Waals surface area contributed by atoms with E-state index in [2.05, 4.69) is 18.1 Å². The van der Waals surface area contributed by atoms with Gasteiger partial charge < -0.3 is 10.2 Å². The molecule has 0 saturated carbocycles. The molecule has 0 aromatic rings. The van der Waals surface area contributed by atoms with Crippen molar-refractivity contribution in [1.82, 2.24) is 0 Å². The Bertz CT molecular complexity index is 197. The van der Waals surface area contributed by atoms with Crippen molar-refractivity contribution < 1.29 is 37.4 Å². The summed E-state index contributed by atoms with van der Waals surface area (Å²) in [6, 6.07) is 0. The number of aliphatic hydroxyl groups excluding tert-OH is 2. The fourth-order valence-electron chi connectivity index (χ4n) is 0.605. The standard InChI is InChI=1S/C4H8O8P2.Na/c5-1-3-9-13(7)11-4(2-6)12-14(8)10-3;/h3-6H,1-2H2;/q+2;. The second-order valence-electron chi connectivity index (χ2n) is 2.09. The molecule has 0 bridgehead atoms. The van der Waals surface area contributed by atoms with Crippen molar-refractivity contribution in [2.24, 2.45) is 0 Å². The van der Waals surface area contributed by atoms with Gasteiger partial charge in [-0.25, -0.2) is 0 Å². The van der Waals surface area contributed by atoms with Crippen LogP contribution in [0.2, 0.25) is 0 Å². The van der Waals surface area contributed by atoms with E-state index in [9.17, 15) is 9.13 Å². The quantitative estimate of drug-likeness (QED) is 0.516. The van der Waals surface area contributed by atoms with Crippen molar-refractivity contribution in [3.63, 3.8) is 0 Å². The Balaban J connectivity index is 0.00000196. The van der Waals surface area contributed by atoms with Crippen LogP contribution >= 0.6 is 16.5 Å². The van der Waals surface area contributed by atoms with Gasteiger partial charge in [-0.1, -0.05) is 18.1 Å². The summed E-state index contributed by atoms with van der Waals surface area (Å²) in [5.41, 5.74) is 0. The minimum Gasteiger partial charge on any atom is -0.391 e. The van der Waals surface area contributed by atoms with Crippen LogP contribution < -0.4 is 0 Å². The first kappa shape index (κ1) is 16.0. The van der Waals surface area contributed by atoms with Crippen molar-refractivity contribution >= 4 is 46.1 Å². The molecule has 1 heterocycles. The smallest absolute Gasteiger partial charge is 0.391 e. The largest absolute Gasteiger partial charge is 0.703 e. The second kappa shape index (κ2) is 8.11. The van der Waals surface area contributed by atoms with Gasteiger partial charge in [0.25, 0.3) is 12.6 Å². The van der Waals surface area contributed by atoms with Crippen molar-refractivity contribution in [3.8, 4) is 0 Å². The molecular weight excluding hydrogens is 261 g/mol. The third kappa shape index (κ3) is 5.72. The van der Waals surface area contributed by atoms with Gasteiger partial charge in [-0.15, -0.1) is 0 Å². The third-order valence-corrected chi connectivity index (χ3v) is 2.74. The first-order chi connectivity index (χ1) is 6.65. The summed E-state index contributed by atoms with van der Waals surface area (Å²) in [6.45, 7) is -1.28. The molecule has 0 amide bonds. The Morgan fingerprint density at radius 3 is 1.33 bits per heavy atom. The third-order valence-electron chi connectivity index (χ3n) is 1.11. The molecule has 0 aromatic carbocycles. The molecule has 0 unspecified atom stereocenters. The van der Waals surface area contributed by atoms with Crippen LogP contribution in [0.3, 0.4) is 0 Å². The predicted octanol–water partition coefficient (Wildman–Crippen LogP) is -0.363. The van der Waals surface area contributed by atoms with Gasteiger partial charge in [-0.05, 0) is 0 Å². The van der Waals surface area contributed by atoms with Crippen molar-refractivity contribution in [2.45, 2.75) is 12.6 Å². The van der Waals surface area contributed by atoms with E-state index in [1.807, 2.05) is 0 Å². The second-order valence-corrected chi connectivity index (χ2v) is 3.83. The van der Waals surface area contributed by atoms with Crippen molar-refractivity contribution in [1.29, 1.82) is 0 Å². The SMILES string of the molecule is O=[P+]1OC(CO)O[P+](=O)OC(CO)O1.[Na]. The van der Waals surface area contributed by atoms with Crippen LogP contribution in [0, 0.1) is 0 Å². The van der Waals surface area contributed by atoms with Gasteiger partial charge in [-0.2, -0.15) is 0 Å². The van der Waals surface area contributed by atoms with Gasteiger partial charge in [0.15, 0.2) is 0 Å². The zero-order chi connectivity index (χ0) is 10.6. The molecule has 1 aliphatic heterocycles. The predicted molar refractivity (Wildman–Crippen MR) is 47.1 cm³/mol. The van der Waals surface area contributed by atoms with Crippen LogP contribution in [0.15, 0.2) is 0 Å². The summed E-state index contributed by atoms with van der Waals surface area (Å²) in [4.78, 5) is 0. The molecule has 1 radical (unpaired) electrons. The molecule has 0 aliphatic carbocycles. The molecule has 1 fully saturated rings. The average molecular weight is 269 g/mol. The average Bonchev–Trinajstić information content (AvgIpc) is 2.13. The monoisotopic (exact) mass is 269 g/mol. The zero-order valence-corrected chi connectivity index (χ0v) is 11.6. The molecule has 1 aliphatic rings. The Morgan fingerprint density at radius 1 is 0.867 bits per heavy atom. The Labute approximate surface area is 109 Å². The van der Waals surface area contributed by atoms with Crippen molar-refractivity contribution in [2.75, 3.05) is 13.2 Å². The van der Waals surface area contributed by atoms with E-state index in [0.717, 1.165) is 0 Å². The maximum Gasteiger partial charge on any atom is 0.703 e. The Morgan fingerprint density at radius 2 is 1.13 bits per heavy atom. The van der Waals surface area contributed by atoms with Crippen LogP contribution in [0.5, 0.6) is 0 Å². The molecule has 0 spiro atoms. The fourth-order valence-corrected chi connectivity index (χ4v) is 2.05. The normalized spacial score (nSPS) is 32.7. The van der Waals surface area contributed by atoms with Crippen molar-refractivity contribution in [3.05, 3.63) is 0 Å². The topological polar surface area (TPSA) is 112 Å². The minimum absolute atomic E-state index is 0. The van der Waals surface area contributed by atoms with Crippen LogP contribution in [-0.4, -0.2) is 65.6 Å². The number of rotatable bonds is 2. The van der Waals surface area contributed by atoms with E-state index in [-0.39, 0.29) is 29.6 Å². The Hall–Kier alpha value is 0.960. The first-order valence-corrected chi connectivity index (χ1v) is 5.68. The van der Waals surface area contributed by atoms with E-state index in [0.29, 0.717) is 0 Å². The zero-order valence-electron chi connectivity index (χ0n) is 7.81. The molecule has 1 saturated heterocycles. The van der Waals surface area contributed by atoms with Gasteiger partial charge in [0.2, 0.25) is 0 Å². The van der Waals surface area contributed by atoms with E-state index in [4.69, 9.17) is 10.2 Å². The molecule has 2 N–H and O–H groups in total. The number of hydrogen-bond acceptors (Lipinski definition) is 8. The molecule has 0 aromatic heterocycles. The van der Waals surface area contributed by atoms with Gasteiger partial charge in [0.1, 0.15) is 13.2 Å².